The fraction of sp³-hybridized carbons (Fsp3) is 0.833. The lowest BCUT2D eigenvalue weighted by Gasteiger charge is -2.28. The van der Waals surface area contributed by atoms with Crippen molar-refractivity contribution in [1.29, 1.82) is 0 Å². The Morgan fingerprint density at radius 2 is 2.12 bits per heavy atom. The summed E-state index contributed by atoms with van der Waals surface area (Å²) in [6.07, 6.45) is 5.05. The summed E-state index contributed by atoms with van der Waals surface area (Å²) < 4.78 is 3.02. The number of nitrogens with zero attached hydrogens (tertiary/aromatic N) is 3. The topological polar surface area (TPSA) is 36.9 Å². The van der Waals surface area contributed by atoms with Crippen LogP contribution in [0.4, 0.5) is 5.95 Å². The highest BCUT2D eigenvalue weighted by atomic mass is 32.1. The van der Waals surface area contributed by atoms with Gasteiger partial charge in [-0.05, 0) is 43.8 Å². The lowest BCUT2D eigenvalue weighted by atomic mass is 10.0. The second-order valence-electron chi connectivity index (χ2n) is 5.58. The van der Waals surface area contributed by atoms with Crippen molar-refractivity contribution in [1.82, 2.24) is 14.8 Å². The Kier molecular flexibility index (Phi) is 2.73. The molecule has 1 aliphatic heterocycles. The summed E-state index contributed by atoms with van der Waals surface area (Å²) in [5.74, 6) is 1.75. The number of nitrogens with one attached hydrogen (secondary N) is 1. The van der Waals surface area contributed by atoms with Crippen molar-refractivity contribution in [3.05, 3.63) is 4.77 Å². The van der Waals surface area contributed by atoms with E-state index in [0.717, 1.165) is 17.3 Å². The van der Waals surface area contributed by atoms with E-state index in [1.807, 2.05) is 0 Å². The molecule has 0 spiro atoms. The summed E-state index contributed by atoms with van der Waals surface area (Å²) >= 11 is 5.35. The fourth-order valence-electron chi connectivity index (χ4n) is 2.89. The third-order valence-corrected chi connectivity index (χ3v) is 4.21. The average Bonchev–Trinajstić information content (AvgIpc) is 2.87. The van der Waals surface area contributed by atoms with Crippen molar-refractivity contribution >= 4 is 18.2 Å². The van der Waals surface area contributed by atoms with Crippen molar-refractivity contribution in [2.24, 2.45) is 5.92 Å². The number of rotatable bonds is 3. The summed E-state index contributed by atoms with van der Waals surface area (Å²) in [6, 6.07) is 1.22. The van der Waals surface area contributed by atoms with Crippen LogP contribution in [-0.2, 0) is 0 Å². The maximum atomic E-state index is 5.35. The molecule has 4 nitrogen and oxygen atoms in total. The first-order chi connectivity index (χ1) is 8.18. The molecule has 5 heteroatoms. The lowest BCUT2D eigenvalue weighted by molar-refractivity contribution is 0.481. The number of hydrogen-bond donors (Lipinski definition) is 1. The standard InChI is InChI=1S/C12H20N4S/c1-8(2)10-4-3-7-15(10)11-13-14-12(17)16(11)9-5-6-9/h8-10H,3-7H2,1-2H3,(H,14,17). The SMILES string of the molecule is CC(C)C1CCCN1c1n[nH]c(=S)n1C1CC1. The number of aromatic amines is 1. The van der Waals surface area contributed by atoms with Crippen LogP contribution in [0.5, 0.6) is 0 Å². The predicted octanol–water partition coefficient (Wildman–Crippen LogP) is 2.90. The highest BCUT2D eigenvalue weighted by Crippen LogP contribution is 2.39. The van der Waals surface area contributed by atoms with E-state index in [2.05, 4.69) is 33.5 Å². The highest BCUT2D eigenvalue weighted by molar-refractivity contribution is 7.71. The van der Waals surface area contributed by atoms with Crippen molar-refractivity contribution in [3.8, 4) is 0 Å². The van der Waals surface area contributed by atoms with Gasteiger partial charge in [-0.25, -0.2) is 5.10 Å². The van der Waals surface area contributed by atoms with Gasteiger partial charge in [0.25, 0.3) is 0 Å². The molecule has 1 aromatic rings. The van der Waals surface area contributed by atoms with Crippen LogP contribution in [0.25, 0.3) is 0 Å². The number of anilines is 1. The maximum Gasteiger partial charge on any atom is 0.226 e. The van der Waals surface area contributed by atoms with Gasteiger partial charge in [0.15, 0.2) is 4.77 Å². The zero-order valence-corrected chi connectivity index (χ0v) is 11.3. The van der Waals surface area contributed by atoms with Crippen molar-refractivity contribution in [3.63, 3.8) is 0 Å². The first kappa shape index (κ1) is 11.3. The maximum absolute atomic E-state index is 5.35. The van der Waals surface area contributed by atoms with Gasteiger partial charge in [-0.3, -0.25) is 4.57 Å². The third-order valence-electron chi connectivity index (χ3n) is 3.92. The van der Waals surface area contributed by atoms with Crippen LogP contribution in [0.1, 0.15) is 45.6 Å². The Balaban J connectivity index is 1.95. The number of hydrogen-bond acceptors (Lipinski definition) is 3. The summed E-state index contributed by atoms with van der Waals surface area (Å²) in [6.45, 7) is 5.71. The van der Waals surface area contributed by atoms with E-state index in [0.29, 0.717) is 18.0 Å². The second-order valence-corrected chi connectivity index (χ2v) is 5.96. The molecule has 0 radical (unpaired) electrons. The van der Waals surface area contributed by atoms with Crippen LogP contribution >= 0.6 is 12.2 Å². The van der Waals surface area contributed by atoms with E-state index in [9.17, 15) is 0 Å². The predicted molar refractivity (Wildman–Crippen MR) is 70.9 cm³/mol. The zero-order chi connectivity index (χ0) is 12.0. The zero-order valence-electron chi connectivity index (χ0n) is 10.5. The van der Waals surface area contributed by atoms with E-state index in [1.54, 1.807) is 0 Å². The molecule has 1 aliphatic carbocycles. The van der Waals surface area contributed by atoms with E-state index < -0.39 is 0 Å². The first-order valence-corrected chi connectivity index (χ1v) is 7.03. The van der Waals surface area contributed by atoms with Gasteiger partial charge in [0.2, 0.25) is 5.95 Å². The molecule has 94 valence electrons. The molecular formula is C12H20N4S. The van der Waals surface area contributed by atoms with E-state index >= 15 is 0 Å². The average molecular weight is 252 g/mol. The van der Waals surface area contributed by atoms with Crippen molar-refractivity contribution in [2.45, 2.75) is 51.6 Å². The van der Waals surface area contributed by atoms with Crippen LogP contribution in [0, 0.1) is 10.7 Å². The Hall–Kier alpha value is -0.840. The molecule has 1 saturated carbocycles. The lowest BCUT2D eigenvalue weighted by Crippen LogP contribution is -2.35. The monoisotopic (exact) mass is 252 g/mol. The van der Waals surface area contributed by atoms with Gasteiger partial charge in [-0.1, -0.05) is 13.8 Å². The molecule has 1 aromatic heterocycles. The van der Waals surface area contributed by atoms with E-state index in [-0.39, 0.29) is 0 Å². The van der Waals surface area contributed by atoms with Crippen molar-refractivity contribution < 1.29 is 0 Å². The minimum absolute atomic E-state index is 0.602. The van der Waals surface area contributed by atoms with Crippen LogP contribution < -0.4 is 4.90 Å². The number of aromatic nitrogens is 3. The molecule has 0 amide bonds. The Labute approximate surface area is 107 Å². The third kappa shape index (κ3) is 1.90. The minimum Gasteiger partial charge on any atom is -0.338 e. The Bertz CT molecular complexity index is 457. The molecule has 2 heterocycles. The fourth-order valence-corrected chi connectivity index (χ4v) is 3.17. The Morgan fingerprint density at radius 1 is 1.35 bits per heavy atom. The molecular weight excluding hydrogens is 232 g/mol. The molecule has 1 unspecified atom stereocenters. The Morgan fingerprint density at radius 3 is 2.76 bits per heavy atom. The summed E-state index contributed by atoms with van der Waals surface area (Å²) in [4.78, 5) is 2.45. The highest BCUT2D eigenvalue weighted by Gasteiger charge is 2.34. The van der Waals surface area contributed by atoms with Crippen LogP contribution in [0.2, 0.25) is 0 Å². The van der Waals surface area contributed by atoms with Gasteiger partial charge in [0.05, 0.1) is 0 Å². The van der Waals surface area contributed by atoms with Gasteiger partial charge in [-0.2, -0.15) is 0 Å². The molecule has 1 N–H and O–H groups in total. The molecule has 0 aromatic carbocycles. The van der Waals surface area contributed by atoms with Gasteiger partial charge in [-0.15, -0.1) is 5.10 Å². The largest absolute Gasteiger partial charge is 0.338 e. The van der Waals surface area contributed by atoms with Gasteiger partial charge in [0, 0.05) is 18.6 Å². The summed E-state index contributed by atoms with van der Waals surface area (Å²) in [7, 11) is 0. The van der Waals surface area contributed by atoms with Gasteiger partial charge in [0.1, 0.15) is 0 Å². The quantitative estimate of drug-likeness (QED) is 0.840. The minimum atomic E-state index is 0.602. The first-order valence-electron chi connectivity index (χ1n) is 6.62. The second kappa shape index (κ2) is 4.12. The van der Waals surface area contributed by atoms with E-state index in [1.165, 1.54) is 25.7 Å². The van der Waals surface area contributed by atoms with Gasteiger partial charge >= 0.3 is 0 Å². The van der Waals surface area contributed by atoms with Crippen molar-refractivity contribution in [2.75, 3.05) is 11.4 Å². The van der Waals surface area contributed by atoms with Crippen LogP contribution in [0.15, 0.2) is 0 Å². The smallest absolute Gasteiger partial charge is 0.226 e. The molecule has 1 atom stereocenters. The molecule has 2 aliphatic rings. The van der Waals surface area contributed by atoms with Gasteiger partial charge < -0.3 is 4.90 Å². The summed E-state index contributed by atoms with van der Waals surface area (Å²) in [5, 5.41) is 7.43. The molecule has 2 fully saturated rings. The van der Waals surface area contributed by atoms with E-state index in [4.69, 9.17) is 12.2 Å². The van der Waals surface area contributed by atoms with Crippen LogP contribution in [-0.4, -0.2) is 27.4 Å². The summed E-state index contributed by atoms with van der Waals surface area (Å²) in [5.41, 5.74) is 0. The molecule has 3 rings (SSSR count). The normalized spacial score (nSPS) is 24.9. The molecule has 0 bridgehead atoms. The molecule has 17 heavy (non-hydrogen) atoms. The molecule has 1 saturated heterocycles. The number of H-pyrrole nitrogens is 1. The van der Waals surface area contributed by atoms with Crippen LogP contribution in [0.3, 0.4) is 0 Å².